The predicted octanol–water partition coefficient (Wildman–Crippen LogP) is 1.64. The monoisotopic (exact) mass is 364 g/mol. The molecule has 0 bridgehead atoms. The molecule has 0 fully saturated rings. The molecule has 7 heteroatoms. The van der Waals surface area contributed by atoms with E-state index in [9.17, 15) is 4.79 Å². The molecule has 1 aromatic rings. The van der Waals surface area contributed by atoms with Crippen LogP contribution in [0.25, 0.3) is 0 Å². The maximum Gasteiger partial charge on any atom is 0.259 e. The second-order valence-electron chi connectivity index (χ2n) is 5.90. The molecule has 0 aromatic heterocycles. The molecule has 0 aliphatic rings. The fourth-order valence-electron chi connectivity index (χ4n) is 2.05. The van der Waals surface area contributed by atoms with Crippen LogP contribution in [0.5, 0.6) is 5.75 Å². The summed E-state index contributed by atoms with van der Waals surface area (Å²) in [5.74, 6) is 1.37. The zero-order valence-corrected chi connectivity index (χ0v) is 16.4. The second-order valence-corrected chi connectivity index (χ2v) is 5.90. The van der Waals surface area contributed by atoms with Gasteiger partial charge >= 0.3 is 0 Å². The van der Waals surface area contributed by atoms with Crippen molar-refractivity contribution < 1.29 is 14.3 Å². The highest BCUT2D eigenvalue weighted by atomic mass is 16.5. The summed E-state index contributed by atoms with van der Waals surface area (Å²) in [4.78, 5) is 17.7. The molecule has 1 rings (SSSR count). The van der Waals surface area contributed by atoms with Crippen molar-refractivity contribution in [1.82, 2.24) is 15.5 Å². The van der Waals surface area contributed by atoms with E-state index < -0.39 is 0 Å². The number of guanidine groups is 1. The van der Waals surface area contributed by atoms with Crippen LogP contribution in [0.3, 0.4) is 0 Å². The van der Waals surface area contributed by atoms with E-state index in [0.717, 1.165) is 44.2 Å². The van der Waals surface area contributed by atoms with Gasteiger partial charge in [0.05, 0.1) is 6.54 Å². The minimum atomic E-state index is -0.0703. The summed E-state index contributed by atoms with van der Waals surface area (Å²) in [6, 6.07) is 7.64. The summed E-state index contributed by atoms with van der Waals surface area (Å²) in [6.45, 7) is 7.68. The molecular weight excluding hydrogens is 332 g/mol. The van der Waals surface area contributed by atoms with Gasteiger partial charge in [-0.2, -0.15) is 0 Å². The number of likely N-dealkylation sites (N-methyl/N-ethyl adjacent to an activating group) is 1. The summed E-state index contributed by atoms with van der Waals surface area (Å²) in [5, 5.41) is 6.52. The SMILES string of the molecule is CCNC(=NCc1cccc(OCC(=O)N(C)C)c1)NCCCOCC. The fourth-order valence-corrected chi connectivity index (χ4v) is 2.05. The van der Waals surface area contributed by atoms with E-state index in [1.54, 1.807) is 14.1 Å². The summed E-state index contributed by atoms with van der Waals surface area (Å²) in [7, 11) is 3.42. The normalized spacial score (nSPS) is 11.2. The van der Waals surface area contributed by atoms with Crippen LogP contribution in [0.1, 0.15) is 25.8 Å². The Hall–Kier alpha value is -2.28. The van der Waals surface area contributed by atoms with Gasteiger partial charge in [-0.05, 0) is 38.0 Å². The standard InChI is InChI=1S/C19H32N4O3/c1-5-20-19(21-11-8-12-25-6-2)22-14-16-9-7-10-17(13-16)26-15-18(24)23(3)4/h7,9-10,13H,5-6,8,11-12,14-15H2,1-4H3,(H2,20,21,22). The van der Waals surface area contributed by atoms with Crippen molar-refractivity contribution in [2.75, 3.05) is 47.0 Å². The summed E-state index contributed by atoms with van der Waals surface area (Å²) < 4.78 is 10.9. The van der Waals surface area contributed by atoms with Crippen molar-refractivity contribution in [3.63, 3.8) is 0 Å². The maximum atomic E-state index is 11.6. The second kappa shape index (κ2) is 13.0. The molecule has 0 spiro atoms. The Labute approximate surface area is 156 Å². The lowest BCUT2D eigenvalue weighted by Crippen LogP contribution is -2.38. The molecule has 0 saturated heterocycles. The van der Waals surface area contributed by atoms with E-state index in [1.807, 2.05) is 38.1 Å². The molecule has 0 aliphatic heterocycles. The molecule has 1 aromatic carbocycles. The van der Waals surface area contributed by atoms with Crippen molar-refractivity contribution in [1.29, 1.82) is 0 Å². The third-order valence-electron chi connectivity index (χ3n) is 3.49. The van der Waals surface area contributed by atoms with Crippen LogP contribution in [0.15, 0.2) is 29.3 Å². The number of carbonyl (C=O) groups is 1. The van der Waals surface area contributed by atoms with Gasteiger partial charge in [0.1, 0.15) is 5.75 Å². The van der Waals surface area contributed by atoms with Crippen LogP contribution < -0.4 is 15.4 Å². The zero-order valence-electron chi connectivity index (χ0n) is 16.4. The molecule has 0 atom stereocenters. The maximum absolute atomic E-state index is 11.6. The van der Waals surface area contributed by atoms with Gasteiger partial charge in [0.15, 0.2) is 12.6 Å². The Kier molecular flexibility index (Phi) is 10.9. The van der Waals surface area contributed by atoms with Crippen molar-refractivity contribution >= 4 is 11.9 Å². The number of nitrogens with zero attached hydrogens (tertiary/aromatic N) is 2. The smallest absolute Gasteiger partial charge is 0.259 e. The Morgan fingerprint density at radius 2 is 2.04 bits per heavy atom. The molecule has 0 heterocycles. The van der Waals surface area contributed by atoms with E-state index in [1.165, 1.54) is 4.90 Å². The first-order valence-corrected chi connectivity index (χ1v) is 9.08. The molecular formula is C19H32N4O3. The number of rotatable bonds is 11. The lowest BCUT2D eigenvalue weighted by atomic mass is 10.2. The van der Waals surface area contributed by atoms with Gasteiger partial charge in [-0.25, -0.2) is 4.99 Å². The minimum absolute atomic E-state index is 0.0315. The Morgan fingerprint density at radius 1 is 1.23 bits per heavy atom. The van der Waals surface area contributed by atoms with Crippen molar-refractivity contribution in [3.8, 4) is 5.75 Å². The molecule has 2 N–H and O–H groups in total. The molecule has 0 saturated carbocycles. The predicted molar refractivity (Wildman–Crippen MR) is 105 cm³/mol. The van der Waals surface area contributed by atoms with E-state index >= 15 is 0 Å². The van der Waals surface area contributed by atoms with Crippen LogP contribution in [0, 0.1) is 0 Å². The lowest BCUT2D eigenvalue weighted by Gasteiger charge is -2.12. The highest BCUT2D eigenvalue weighted by Gasteiger charge is 2.05. The molecule has 1 amide bonds. The molecule has 26 heavy (non-hydrogen) atoms. The zero-order chi connectivity index (χ0) is 19.2. The first kappa shape index (κ1) is 21.8. The van der Waals surface area contributed by atoms with Crippen LogP contribution in [0.4, 0.5) is 0 Å². The van der Waals surface area contributed by atoms with Crippen molar-refractivity contribution in [2.24, 2.45) is 4.99 Å². The van der Waals surface area contributed by atoms with Crippen LogP contribution >= 0.6 is 0 Å². The van der Waals surface area contributed by atoms with E-state index in [-0.39, 0.29) is 12.5 Å². The first-order valence-electron chi connectivity index (χ1n) is 9.08. The average Bonchev–Trinajstić information content (AvgIpc) is 2.64. The third-order valence-corrected chi connectivity index (χ3v) is 3.49. The van der Waals surface area contributed by atoms with Gasteiger partial charge in [-0.1, -0.05) is 12.1 Å². The summed E-state index contributed by atoms with van der Waals surface area (Å²) in [5.41, 5.74) is 1.02. The number of amides is 1. The topological polar surface area (TPSA) is 75.2 Å². The van der Waals surface area contributed by atoms with Crippen molar-refractivity contribution in [3.05, 3.63) is 29.8 Å². The number of ether oxygens (including phenoxy) is 2. The fraction of sp³-hybridized carbons (Fsp3) is 0.579. The number of benzene rings is 1. The molecule has 0 unspecified atom stereocenters. The Balaban J connectivity index is 2.54. The molecule has 0 aliphatic carbocycles. The van der Waals surface area contributed by atoms with E-state index in [2.05, 4.69) is 15.6 Å². The lowest BCUT2D eigenvalue weighted by molar-refractivity contribution is -0.130. The number of aliphatic imine (C=N–C) groups is 1. The summed E-state index contributed by atoms with van der Waals surface area (Å²) in [6.07, 6.45) is 0.932. The quantitative estimate of drug-likeness (QED) is 0.355. The summed E-state index contributed by atoms with van der Waals surface area (Å²) >= 11 is 0. The molecule has 0 radical (unpaired) electrons. The minimum Gasteiger partial charge on any atom is -0.484 e. The Morgan fingerprint density at radius 3 is 2.73 bits per heavy atom. The number of carbonyl (C=O) groups excluding carboxylic acids is 1. The van der Waals surface area contributed by atoms with Gasteiger partial charge in [0.2, 0.25) is 0 Å². The van der Waals surface area contributed by atoms with Crippen LogP contribution in [0.2, 0.25) is 0 Å². The van der Waals surface area contributed by atoms with E-state index in [4.69, 9.17) is 9.47 Å². The highest BCUT2D eigenvalue weighted by Crippen LogP contribution is 2.14. The largest absolute Gasteiger partial charge is 0.484 e. The average molecular weight is 364 g/mol. The van der Waals surface area contributed by atoms with Crippen LogP contribution in [-0.2, 0) is 16.1 Å². The van der Waals surface area contributed by atoms with Crippen molar-refractivity contribution in [2.45, 2.75) is 26.8 Å². The van der Waals surface area contributed by atoms with Gasteiger partial charge in [-0.3, -0.25) is 4.79 Å². The van der Waals surface area contributed by atoms with Gasteiger partial charge < -0.3 is 25.0 Å². The van der Waals surface area contributed by atoms with Gasteiger partial charge in [0, 0.05) is 40.4 Å². The van der Waals surface area contributed by atoms with Gasteiger partial charge in [0.25, 0.3) is 5.91 Å². The van der Waals surface area contributed by atoms with Gasteiger partial charge in [-0.15, -0.1) is 0 Å². The Bertz CT molecular complexity index is 561. The molecule has 146 valence electrons. The number of nitrogens with one attached hydrogen (secondary N) is 2. The number of hydrogen-bond acceptors (Lipinski definition) is 4. The van der Waals surface area contributed by atoms with Crippen LogP contribution in [-0.4, -0.2) is 63.8 Å². The third kappa shape index (κ3) is 9.27. The first-order chi connectivity index (χ1) is 12.6. The highest BCUT2D eigenvalue weighted by molar-refractivity contribution is 5.79. The number of hydrogen-bond donors (Lipinski definition) is 2. The molecule has 7 nitrogen and oxygen atoms in total. The van der Waals surface area contributed by atoms with E-state index in [0.29, 0.717) is 12.3 Å².